The minimum Gasteiger partial charge on any atom is -0.375 e. The minimum atomic E-state index is -0.518. The molecule has 0 fully saturated rings. The van der Waals surface area contributed by atoms with Crippen molar-refractivity contribution in [3.05, 3.63) is 24.0 Å². The largest absolute Gasteiger partial charge is 0.375 e. The molecule has 0 atom stereocenters. The number of aliphatic imine (C=N–C) groups is 1. The van der Waals surface area contributed by atoms with Crippen molar-refractivity contribution < 1.29 is 19.1 Å². The molecule has 7 nitrogen and oxygen atoms in total. The van der Waals surface area contributed by atoms with Gasteiger partial charge in [-0.25, -0.2) is 4.99 Å². The minimum absolute atomic E-state index is 0.142. The molecule has 0 bridgehead atoms. The predicted molar refractivity (Wildman–Crippen MR) is 63.5 cm³/mol. The lowest BCUT2D eigenvalue weighted by Crippen LogP contribution is -2.40. The normalized spacial score (nSPS) is 14.8. The highest BCUT2D eigenvalue weighted by atomic mass is 16.5. The summed E-state index contributed by atoms with van der Waals surface area (Å²) in [6, 6.07) is 0. The lowest BCUT2D eigenvalue weighted by Gasteiger charge is -2.14. The van der Waals surface area contributed by atoms with Gasteiger partial charge in [-0.05, 0) is 0 Å². The summed E-state index contributed by atoms with van der Waals surface area (Å²) in [6.07, 6.45) is 1.15. The summed E-state index contributed by atoms with van der Waals surface area (Å²) in [6.45, 7) is 4.71. The van der Waals surface area contributed by atoms with Crippen LogP contribution in [0.25, 0.3) is 0 Å². The van der Waals surface area contributed by atoms with Gasteiger partial charge in [0.15, 0.2) is 5.84 Å². The van der Waals surface area contributed by atoms with Crippen molar-refractivity contribution in [2.24, 2.45) is 4.99 Å². The zero-order valence-corrected chi connectivity index (χ0v) is 10.1. The Labute approximate surface area is 104 Å². The van der Waals surface area contributed by atoms with Crippen LogP contribution in [0.1, 0.15) is 6.92 Å². The number of hydrogen-bond acceptors (Lipinski definition) is 5. The number of dihydropyridines is 1. The molecule has 0 spiro atoms. The van der Waals surface area contributed by atoms with Crippen LogP contribution in [0.4, 0.5) is 0 Å². The molecule has 2 amide bonds. The van der Waals surface area contributed by atoms with E-state index in [1.54, 1.807) is 0 Å². The van der Waals surface area contributed by atoms with Gasteiger partial charge in [0.2, 0.25) is 11.7 Å². The molecular weight excluding hydrogens is 238 g/mol. The molecule has 1 heterocycles. The molecule has 1 aliphatic heterocycles. The maximum Gasteiger partial charge on any atom is 0.251 e. The molecule has 0 aromatic heterocycles. The average Bonchev–Trinajstić information content (AvgIpc) is 2.25. The van der Waals surface area contributed by atoms with E-state index >= 15 is 0 Å². The smallest absolute Gasteiger partial charge is 0.251 e. The Kier molecular flexibility index (Phi) is 4.50. The molecular formula is C11H13N3O4. The molecule has 0 saturated carbocycles. The molecule has 0 aliphatic carbocycles. The van der Waals surface area contributed by atoms with Crippen molar-refractivity contribution in [1.29, 1.82) is 0 Å². The van der Waals surface area contributed by atoms with Gasteiger partial charge in [-0.15, -0.1) is 0 Å². The Bertz CT molecular complexity index is 477. The molecule has 0 unspecified atom stereocenters. The van der Waals surface area contributed by atoms with Crippen molar-refractivity contribution in [2.75, 3.05) is 13.7 Å². The van der Waals surface area contributed by atoms with Crippen LogP contribution in [-0.4, -0.2) is 37.1 Å². The molecule has 2 N–H and O–H groups in total. The van der Waals surface area contributed by atoms with Gasteiger partial charge in [-0.2, -0.15) is 0 Å². The van der Waals surface area contributed by atoms with Crippen molar-refractivity contribution in [1.82, 2.24) is 10.6 Å². The fourth-order valence-electron chi connectivity index (χ4n) is 1.22. The van der Waals surface area contributed by atoms with Crippen LogP contribution in [0.2, 0.25) is 0 Å². The summed E-state index contributed by atoms with van der Waals surface area (Å²) in [5.74, 6) is -1.49. The maximum absolute atomic E-state index is 11.6. The number of nitrogens with one attached hydrogen (secondary N) is 2. The highest BCUT2D eigenvalue weighted by Crippen LogP contribution is 2.11. The summed E-state index contributed by atoms with van der Waals surface area (Å²) in [4.78, 5) is 37.5. The molecule has 0 radical (unpaired) electrons. The molecule has 1 rings (SSSR count). The SMILES string of the molecule is C=C1N=C(NC(=O)COC)C(=O)C=C1NC(C)=O. The van der Waals surface area contributed by atoms with E-state index in [1.807, 2.05) is 0 Å². The van der Waals surface area contributed by atoms with Gasteiger partial charge < -0.3 is 15.4 Å². The van der Waals surface area contributed by atoms with E-state index in [2.05, 4.69) is 26.9 Å². The monoisotopic (exact) mass is 251 g/mol. The van der Waals surface area contributed by atoms with Crippen LogP contribution in [0, 0.1) is 0 Å². The molecule has 96 valence electrons. The van der Waals surface area contributed by atoms with E-state index in [9.17, 15) is 14.4 Å². The van der Waals surface area contributed by atoms with Gasteiger partial charge in [0.05, 0.1) is 11.4 Å². The first-order valence-corrected chi connectivity index (χ1v) is 5.04. The average molecular weight is 251 g/mol. The Morgan fingerprint density at radius 2 is 2.11 bits per heavy atom. The van der Waals surface area contributed by atoms with Crippen LogP contribution in [-0.2, 0) is 19.1 Å². The molecule has 7 heteroatoms. The highest BCUT2D eigenvalue weighted by molar-refractivity contribution is 6.46. The third-order valence-corrected chi connectivity index (χ3v) is 1.91. The second-order valence-corrected chi connectivity index (χ2v) is 3.49. The van der Waals surface area contributed by atoms with Gasteiger partial charge in [-0.3, -0.25) is 14.4 Å². The number of amides is 2. The van der Waals surface area contributed by atoms with Gasteiger partial charge in [0.25, 0.3) is 5.91 Å². The first-order chi connectivity index (χ1) is 8.43. The van der Waals surface area contributed by atoms with Gasteiger partial charge in [-0.1, -0.05) is 6.58 Å². The number of ether oxygens (including phenoxy) is 1. The van der Waals surface area contributed by atoms with Gasteiger partial charge in [0.1, 0.15) is 6.61 Å². The van der Waals surface area contributed by atoms with E-state index in [4.69, 9.17) is 0 Å². The first kappa shape index (κ1) is 13.8. The van der Waals surface area contributed by atoms with E-state index in [-0.39, 0.29) is 29.7 Å². The maximum atomic E-state index is 11.6. The third-order valence-electron chi connectivity index (χ3n) is 1.91. The summed E-state index contributed by atoms with van der Waals surface area (Å²) >= 11 is 0. The fourth-order valence-corrected chi connectivity index (χ4v) is 1.22. The summed E-state index contributed by atoms with van der Waals surface area (Å²) in [5.41, 5.74) is 0.412. The summed E-state index contributed by atoms with van der Waals surface area (Å²) in [7, 11) is 1.36. The summed E-state index contributed by atoms with van der Waals surface area (Å²) < 4.78 is 4.61. The number of methoxy groups -OCH3 is 1. The molecule has 1 aliphatic rings. The second-order valence-electron chi connectivity index (χ2n) is 3.49. The lowest BCUT2D eigenvalue weighted by molar-refractivity contribution is -0.124. The zero-order chi connectivity index (χ0) is 13.7. The van der Waals surface area contributed by atoms with Crippen molar-refractivity contribution in [3.63, 3.8) is 0 Å². The van der Waals surface area contributed by atoms with Crippen molar-refractivity contribution in [3.8, 4) is 0 Å². The van der Waals surface area contributed by atoms with E-state index in [0.717, 1.165) is 6.08 Å². The van der Waals surface area contributed by atoms with Crippen LogP contribution >= 0.6 is 0 Å². The van der Waals surface area contributed by atoms with Crippen LogP contribution in [0.15, 0.2) is 29.0 Å². The summed E-state index contributed by atoms with van der Waals surface area (Å²) in [5, 5.41) is 4.71. The Morgan fingerprint density at radius 1 is 1.44 bits per heavy atom. The van der Waals surface area contributed by atoms with E-state index in [0.29, 0.717) is 0 Å². The number of carbonyl (C=O) groups is 3. The molecule has 0 saturated heterocycles. The number of rotatable bonds is 3. The van der Waals surface area contributed by atoms with E-state index < -0.39 is 11.7 Å². The fraction of sp³-hybridized carbons (Fsp3) is 0.273. The third kappa shape index (κ3) is 3.63. The number of hydrogen-bond donors (Lipinski definition) is 2. The molecule has 0 aromatic rings. The number of amidine groups is 1. The quantitative estimate of drug-likeness (QED) is 0.690. The predicted octanol–water partition coefficient (Wildman–Crippen LogP) is -0.736. The Hall–Kier alpha value is -2.28. The topological polar surface area (TPSA) is 96.9 Å². The van der Waals surface area contributed by atoms with Crippen LogP contribution < -0.4 is 10.6 Å². The van der Waals surface area contributed by atoms with Crippen LogP contribution in [0.5, 0.6) is 0 Å². The Balaban J connectivity index is 2.77. The van der Waals surface area contributed by atoms with Gasteiger partial charge >= 0.3 is 0 Å². The highest BCUT2D eigenvalue weighted by Gasteiger charge is 2.20. The number of nitrogens with zero attached hydrogens (tertiary/aromatic N) is 1. The van der Waals surface area contributed by atoms with E-state index in [1.165, 1.54) is 14.0 Å². The zero-order valence-electron chi connectivity index (χ0n) is 10.1. The first-order valence-electron chi connectivity index (χ1n) is 5.04. The van der Waals surface area contributed by atoms with Crippen molar-refractivity contribution >= 4 is 23.4 Å². The van der Waals surface area contributed by atoms with Gasteiger partial charge in [0, 0.05) is 20.1 Å². The number of carbonyl (C=O) groups excluding carboxylic acids is 3. The second kappa shape index (κ2) is 5.87. The lowest BCUT2D eigenvalue weighted by atomic mass is 10.2. The molecule has 0 aromatic carbocycles. The Morgan fingerprint density at radius 3 is 2.67 bits per heavy atom. The molecule has 18 heavy (non-hydrogen) atoms. The number of ketones is 1. The standard InChI is InChI=1S/C11H13N3O4/c1-6-8(13-7(2)15)4-9(16)11(12-6)14-10(17)5-18-3/h4H,1,5H2,2-3H3,(H,13,15)(H,12,14,17). The van der Waals surface area contributed by atoms with Crippen molar-refractivity contribution in [2.45, 2.75) is 6.92 Å². The van der Waals surface area contributed by atoms with Crippen LogP contribution in [0.3, 0.4) is 0 Å².